The summed E-state index contributed by atoms with van der Waals surface area (Å²) >= 11 is 0. The first kappa shape index (κ1) is 24.4. The molecule has 1 aromatic carbocycles. The lowest BCUT2D eigenvalue weighted by molar-refractivity contribution is -0.165. The summed E-state index contributed by atoms with van der Waals surface area (Å²) in [6.45, 7) is 9.74. The summed E-state index contributed by atoms with van der Waals surface area (Å²) in [4.78, 5) is 36.2. The fourth-order valence-corrected chi connectivity index (χ4v) is 2.08. The predicted molar refractivity (Wildman–Crippen MR) is 106 cm³/mol. The SMILES string of the molecule is CC(C)(C)OC(=O)COC[C@H](NC(=O)OCc1ccccc1)C(=O)OC(C)(C)C. The Bertz CT molecular complexity index is 675. The van der Waals surface area contributed by atoms with Crippen molar-refractivity contribution in [2.24, 2.45) is 0 Å². The largest absolute Gasteiger partial charge is 0.458 e. The van der Waals surface area contributed by atoms with E-state index in [-0.39, 0.29) is 19.8 Å². The summed E-state index contributed by atoms with van der Waals surface area (Å²) < 4.78 is 20.8. The molecule has 8 heteroatoms. The van der Waals surface area contributed by atoms with Crippen molar-refractivity contribution in [1.29, 1.82) is 0 Å². The van der Waals surface area contributed by atoms with Crippen molar-refractivity contribution >= 4 is 18.0 Å². The lowest BCUT2D eigenvalue weighted by Crippen LogP contribution is -2.47. The standard InChI is InChI=1S/C21H31NO7/c1-20(2,3)28-17(23)14-26-13-16(18(24)29-21(4,5)6)22-19(25)27-12-15-10-8-7-9-11-15/h7-11,16H,12-14H2,1-6H3,(H,22,25)/t16-/m0/s1. The number of carbonyl (C=O) groups excluding carboxylic acids is 3. The van der Waals surface area contributed by atoms with Gasteiger partial charge >= 0.3 is 18.0 Å². The van der Waals surface area contributed by atoms with E-state index in [1.54, 1.807) is 41.5 Å². The van der Waals surface area contributed by atoms with Gasteiger partial charge in [-0.15, -0.1) is 0 Å². The molecule has 1 amide bonds. The molecule has 0 fully saturated rings. The van der Waals surface area contributed by atoms with Crippen LogP contribution in [0.15, 0.2) is 30.3 Å². The topological polar surface area (TPSA) is 100 Å². The van der Waals surface area contributed by atoms with E-state index in [0.717, 1.165) is 5.56 Å². The molecule has 1 rings (SSSR count). The predicted octanol–water partition coefficient (Wildman–Crippen LogP) is 2.98. The number of alkyl carbamates (subject to hydrolysis) is 1. The molecule has 8 nitrogen and oxygen atoms in total. The van der Waals surface area contributed by atoms with Gasteiger partial charge in [0.1, 0.15) is 24.4 Å². The monoisotopic (exact) mass is 409 g/mol. The number of nitrogens with one attached hydrogen (secondary N) is 1. The quantitative estimate of drug-likeness (QED) is 0.520. The molecule has 1 N–H and O–H groups in total. The van der Waals surface area contributed by atoms with Crippen LogP contribution >= 0.6 is 0 Å². The van der Waals surface area contributed by atoms with E-state index in [1.165, 1.54) is 0 Å². The van der Waals surface area contributed by atoms with Crippen LogP contribution in [0.1, 0.15) is 47.1 Å². The third kappa shape index (κ3) is 11.7. The van der Waals surface area contributed by atoms with E-state index < -0.39 is 35.3 Å². The van der Waals surface area contributed by atoms with E-state index in [9.17, 15) is 14.4 Å². The van der Waals surface area contributed by atoms with Gasteiger partial charge in [0.25, 0.3) is 0 Å². The summed E-state index contributed by atoms with van der Waals surface area (Å²) in [7, 11) is 0. The maximum Gasteiger partial charge on any atom is 0.408 e. The normalized spacial score (nSPS) is 12.6. The van der Waals surface area contributed by atoms with Gasteiger partial charge in [0, 0.05) is 0 Å². The Hall–Kier alpha value is -2.61. The average molecular weight is 409 g/mol. The van der Waals surface area contributed by atoms with Crippen LogP contribution in [0, 0.1) is 0 Å². The molecule has 162 valence electrons. The lowest BCUT2D eigenvalue weighted by atomic mass is 10.2. The number of hydrogen-bond donors (Lipinski definition) is 1. The first-order chi connectivity index (χ1) is 13.4. The second-order valence-electron chi connectivity index (χ2n) is 8.39. The molecule has 0 saturated carbocycles. The van der Waals surface area contributed by atoms with Crippen molar-refractivity contribution in [2.75, 3.05) is 13.2 Å². The summed E-state index contributed by atoms with van der Waals surface area (Å²) in [5.41, 5.74) is -0.599. The van der Waals surface area contributed by atoms with Crippen LogP contribution in [0.25, 0.3) is 0 Å². The number of benzene rings is 1. The van der Waals surface area contributed by atoms with Gasteiger partial charge in [-0.3, -0.25) is 0 Å². The second kappa shape index (κ2) is 10.8. The molecule has 1 atom stereocenters. The molecular formula is C21H31NO7. The molecule has 0 aliphatic rings. The number of esters is 2. The first-order valence-corrected chi connectivity index (χ1v) is 9.35. The van der Waals surface area contributed by atoms with Crippen molar-refractivity contribution in [3.63, 3.8) is 0 Å². The van der Waals surface area contributed by atoms with Gasteiger partial charge in [0.2, 0.25) is 0 Å². The Balaban J connectivity index is 2.61. The highest BCUT2D eigenvalue weighted by atomic mass is 16.6. The lowest BCUT2D eigenvalue weighted by Gasteiger charge is -2.24. The van der Waals surface area contributed by atoms with E-state index in [0.29, 0.717) is 0 Å². The fraction of sp³-hybridized carbons (Fsp3) is 0.571. The number of rotatable bonds is 8. The van der Waals surface area contributed by atoms with Crippen LogP contribution in [0.5, 0.6) is 0 Å². The molecular weight excluding hydrogens is 378 g/mol. The summed E-state index contributed by atoms with van der Waals surface area (Å²) in [6, 6.07) is 7.98. The molecule has 0 unspecified atom stereocenters. The van der Waals surface area contributed by atoms with E-state index >= 15 is 0 Å². The summed E-state index contributed by atoms with van der Waals surface area (Å²) in [5.74, 6) is -1.27. The number of amides is 1. The molecule has 29 heavy (non-hydrogen) atoms. The zero-order valence-electron chi connectivity index (χ0n) is 17.9. The Morgan fingerprint density at radius 2 is 1.52 bits per heavy atom. The van der Waals surface area contributed by atoms with Gasteiger partial charge in [-0.2, -0.15) is 0 Å². The van der Waals surface area contributed by atoms with Gasteiger partial charge in [-0.05, 0) is 47.1 Å². The molecule has 0 aliphatic carbocycles. The summed E-state index contributed by atoms with van der Waals surface area (Å²) in [5, 5.41) is 2.42. The fourth-order valence-electron chi connectivity index (χ4n) is 2.08. The highest BCUT2D eigenvalue weighted by molar-refractivity contribution is 5.81. The minimum Gasteiger partial charge on any atom is -0.458 e. The summed E-state index contributed by atoms with van der Waals surface area (Å²) in [6.07, 6.45) is -0.800. The number of hydrogen-bond acceptors (Lipinski definition) is 7. The smallest absolute Gasteiger partial charge is 0.408 e. The Morgan fingerprint density at radius 3 is 2.07 bits per heavy atom. The van der Waals surface area contributed by atoms with Gasteiger partial charge in [-0.1, -0.05) is 30.3 Å². The van der Waals surface area contributed by atoms with Gasteiger partial charge in [-0.25, -0.2) is 14.4 Å². The van der Waals surface area contributed by atoms with Crippen molar-refractivity contribution in [2.45, 2.75) is 65.4 Å². The van der Waals surface area contributed by atoms with Crippen LogP contribution in [0.4, 0.5) is 4.79 Å². The number of ether oxygens (including phenoxy) is 4. The minimum absolute atomic E-state index is 0.0481. The van der Waals surface area contributed by atoms with E-state index in [1.807, 2.05) is 30.3 Å². The van der Waals surface area contributed by atoms with Crippen LogP contribution in [0.2, 0.25) is 0 Å². The van der Waals surface area contributed by atoms with Crippen molar-refractivity contribution in [3.8, 4) is 0 Å². The van der Waals surface area contributed by atoms with Crippen LogP contribution in [-0.4, -0.2) is 48.5 Å². The van der Waals surface area contributed by atoms with E-state index in [2.05, 4.69) is 5.32 Å². The number of carbonyl (C=O) groups is 3. The molecule has 0 aromatic heterocycles. The van der Waals surface area contributed by atoms with Crippen molar-refractivity contribution in [1.82, 2.24) is 5.32 Å². The zero-order chi connectivity index (χ0) is 22.1. The van der Waals surface area contributed by atoms with Crippen LogP contribution < -0.4 is 5.32 Å². The average Bonchev–Trinajstić information content (AvgIpc) is 2.57. The molecule has 0 bridgehead atoms. The highest BCUT2D eigenvalue weighted by Crippen LogP contribution is 2.10. The van der Waals surface area contributed by atoms with Gasteiger partial charge in [0.05, 0.1) is 6.61 Å². The van der Waals surface area contributed by atoms with Crippen LogP contribution in [-0.2, 0) is 35.1 Å². The molecule has 0 spiro atoms. The second-order valence-corrected chi connectivity index (χ2v) is 8.39. The Labute approximate surface area is 171 Å². The van der Waals surface area contributed by atoms with Crippen LogP contribution in [0.3, 0.4) is 0 Å². The molecule has 0 heterocycles. The maximum absolute atomic E-state index is 12.4. The maximum atomic E-state index is 12.4. The van der Waals surface area contributed by atoms with Gasteiger partial charge < -0.3 is 24.3 Å². The van der Waals surface area contributed by atoms with Crippen molar-refractivity contribution < 1.29 is 33.3 Å². The Morgan fingerprint density at radius 1 is 0.931 bits per heavy atom. The molecule has 1 aromatic rings. The Kier molecular flexibility index (Phi) is 9.10. The highest BCUT2D eigenvalue weighted by Gasteiger charge is 2.28. The molecule has 0 radical (unpaired) electrons. The first-order valence-electron chi connectivity index (χ1n) is 9.35. The third-order valence-corrected chi connectivity index (χ3v) is 3.12. The van der Waals surface area contributed by atoms with Gasteiger partial charge in [0.15, 0.2) is 6.04 Å². The van der Waals surface area contributed by atoms with Crippen molar-refractivity contribution in [3.05, 3.63) is 35.9 Å². The minimum atomic E-state index is -1.14. The zero-order valence-corrected chi connectivity index (χ0v) is 17.9. The van der Waals surface area contributed by atoms with E-state index in [4.69, 9.17) is 18.9 Å². The molecule has 0 saturated heterocycles. The molecule has 0 aliphatic heterocycles. The third-order valence-electron chi connectivity index (χ3n) is 3.12.